The van der Waals surface area contributed by atoms with E-state index in [1.165, 1.54) is 6.42 Å². The van der Waals surface area contributed by atoms with Crippen LogP contribution >= 0.6 is 12.2 Å². The molecule has 2 aliphatic rings. The van der Waals surface area contributed by atoms with E-state index in [2.05, 4.69) is 43.6 Å². The van der Waals surface area contributed by atoms with Crippen molar-refractivity contribution >= 4 is 17.3 Å². The van der Waals surface area contributed by atoms with E-state index in [9.17, 15) is 0 Å². The molecule has 0 radical (unpaired) electrons. The van der Waals surface area contributed by atoms with Gasteiger partial charge in [0.2, 0.25) is 0 Å². The molecule has 0 aromatic carbocycles. The second-order valence-electron chi connectivity index (χ2n) is 7.49. The van der Waals surface area contributed by atoms with Gasteiger partial charge in [0.1, 0.15) is 0 Å². The topological polar surface area (TPSA) is 45.3 Å². The smallest absolute Gasteiger partial charge is 0.166 e. The van der Waals surface area contributed by atoms with Gasteiger partial charge in [-0.2, -0.15) is 0 Å². The summed E-state index contributed by atoms with van der Waals surface area (Å²) in [6, 6.07) is 0.422. The first-order valence-corrected chi connectivity index (χ1v) is 8.12. The number of ether oxygens (including phenoxy) is 1. The van der Waals surface area contributed by atoms with Gasteiger partial charge in [0, 0.05) is 30.3 Å². The minimum Gasteiger partial charge on any atom is -0.376 e. The van der Waals surface area contributed by atoms with E-state index in [0.29, 0.717) is 12.1 Å². The predicted octanol–water partition coefficient (Wildman–Crippen LogP) is 1.94. The third-order valence-corrected chi connectivity index (χ3v) is 4.30. The van der Waals surface area contributed by atoms with Crippen LogP contribution in [0.15, 0.2) is 0 Å². The van der Waals surface area contributed by atoms with Gasteiger partial charge in [-0.15, -0.1) is 0 Å². The van der Waals surface area contributed by atoms with Gasteiger partial charge in [-0.1, -0.05) is 0 Å². The van der Waals surface area contributed by atoms with E-state index in [-0.39, 0.29) is 11.1 Å². The van der Waals surface area contributed by atoms with Crippen molar-refractivity contribution in [1.82, 2.24) is 16.0 Å². The van der Waals surface area contributed by atoms with Crippen LogP contribution in [0.3, 0.4) is 0 Å². The highest BCUT2D eigenvalue weighted by atomic mass is 32.1. The van der Waals surface area contributed by atoms with Crippen LogP contribution in [0, 0.1) is 0 Å². The maximum atomic E-state index is 5.60. The van der Waals surface area contributed by atoms with Crippen molar-refractivity contribution < 1.29 is 4.74 Å². The standard InChI is InChI=1S/C15H29N3OS/c1-14(2)8-11(9-15(3,4)18-14)17-13(20)16-10-12-6-5-7-19-12/h11-12,18H,5-10H2,1-4H3,(H2,16,17,20). The maximum absolute atomic E-state index is 5.60. The zero-order valence-corrected chi connectivity index (χ0v) is 14.0. The van der Waals surface area contributed by atoms with Gasteiger partial charge in [0.15, 0.2) is 5.11 Å². The first-order valence-electron chi connectivity index (χ1n) is 7.71. The highest BCUT2D eigenvalue weighted by Gasteiger charge is 2.37. The first kappa shape index (κ1) is 16.0. The van der Waals surface area contributed by atoms with E-state index in [1.807, 2.05) is 0 Å². The minimum atomic E-state index is 0.142. The summed E-state index contributed by atoms with van der Waals surface area (Å²) in [5.41, 5.74) is 0.285. The Morgan fingerprint density at radius 2 is 1.90 bits per heavy atom. The summed E-state index contributed by atoms with van der Waals surface area (Å²) >= 11 is 5.42. The molecule has 2 aliphatic heterocycles. The molecule has 0 spiro atoms. The van der Waals surface area contributed by atoms with Crippen LogP contribution in [0.4, 0.5) is 0 Å². The Kier molecular flexibility index (Phi) is 4.92. The fourth-order valence-electron chi connectivity index (χ4n) is 3.67. The first-order chi connectivity index (χ1) is 9.26. The number of thiocarbonyl (C=S) groups is 1. The van der Waals surface area contributed by atoms with Gasteiger partial charge in [-0.3, -0.25) is 0 Å². The SMILES string of the molecule is CC1(C)CC(NC(=S)NCC2CCCO2)CC(C)(C)N1. The molecule has 0 aromatic heterocycles. The maximum Gasteiger partial charge on any atom is 0.166 e. The second-order valence-corrected chi connectivity index (χ2v) is 7.90. The Balaban J connectivity index is 1.78. The van der Waals surface area contributed by atoms with Crippen molar-refractivity contribution in [2.24, 2.45) is 0 Å². The zero-order valence-electron chi connectivity index (χ0n) is 13.2. The van der Waals surface area contributed by atoms with Crippen LogP contribution in [-0.2, 0) is 4.74 Å². The van der Waals surface area contributed by atoms with Gasteiger partial charge in [-0.05, 0) is 65.6 Å². The van der Waals surface area contributed by atoms with Crippen molar-refractivity contribution in [1.29, 1.82) is 0 Å². The Labute approximate surface area is 128 Å². The molecule has 2 heterocycles. The third-order valence-electron chi connectivity index (χ3n) is 4.04. The molecular weight excluding hydrogens is 270 g/mol. The monoisotopic (exact) mass is 299 g/mol. The fourth-order valence-corrected chi connectivity index (χ4v) is 3.92. The summed E-state index contributed by atoms with van der Waals surface area (Å²) in [7, 11) is 0. The molecule has 1 atom stereocenters. The van der Waals surface area contributed by atoms with Crippen molar-refractivity contribution in [2.75, 3.05) is 13.2 Å². The molecule has 0 aliphatic carbocycles. The van der Waals surface area contributed by atoms with E-state index in [0.717, 1.165) is 37.5 Å². The van der Waals surface area contributed by atoms with Crippen LogP contribution in [0.25, 0.3) is 0 Å². The molecule has 4 nitrogen and oxygen atoms in total. The molecule has 116 valence electrons. The molecule has 0 amide bonds. The van der Waals surface area contributed by atoms with Gasteiger partial charge in [-0.25, -0.2) is 0 Å². The van der Waals surface area contributed by atoms with Crippen LogP contribution in [-0.4, -0.2) is 41.5 Å². The molecule has 20 heavy (non-hydrogen) atoms. The van der Waals surface area contributed by atoms with E-state index < -0.39 is 0 Å². The molecule has 0 bridgehead atoms. The highest BCUT2D eigenvalue weighted by Crippen LogP contribution is 2.28. The molecule has 0 aromatic rings. The molecule has 2 fully saturated rings. The van der Waals surface area contributed by atoms with Crippen molar-refractivity contribution in [3.05, 3.63) is 0 Å². The molecule has 3 N–H and O–H groups in total. The molecule has 2 saturated heterocycles. The molecule has 2 rings (SSSR count). The fraction of sp³-hybridized carbons (Fsp3) is 0.933. The largest absolute Gasteiger partial charge is 0.376 e. The van der Waals surface area contributed by atoms with E-state index >= 15 is 0 Å². The van der Waals surface area contributed by atoms with E-state index in [1.54, 1.807) is 0 Å². The number of hydrogen-bond acceptors (Lipinski definition) is 3. The molecule has 0 saturated carbocycles. The average molecular weight is 299 g/mol. The zero-order chi connectivity index (χ0) is 14.8. The van der Waals surface area contributed by atoms with Crippen LogP contribution in [0.5, 0.6) is 0 Å². The van der Waals surface area contributed by atoms with Crippen molar-refractivity contribution in [2.45, 2.75) is 76.6 Å². The number of piperidine rings is 1. The Morgan fingerprint density at radius 3 is 2.45 bits per heavy atom. The summed E-state index contributed by atoms with van der Waals surface area (Å²) in [6.07, 6.45) is 4.80. The van der Waals surface area contributed by atoms with Crippen LogP contribution in [0.1, 0.15) is 53.4 Å². The van der Waals surface area contributed by atoms with E-state index in [4.69, 9.17) is 17.0 Å². The van der Waals surface area contributed by atoms with Gasteiger partial charge in [0.25, 0.3) is 0 Å². The molecular formula is C15H29N3OS. The quantitative estimate of drug-likeness (QED) is 0.695. The number of hydrogen-bond donors (Lipinski definition) is 3. The van der Waals surface area contributed by atoms with Gasteiger partial charge < -0.3 is 20.7 Å². The minimum absolute atomic E-state index is 0.142. The lowest BCUT2D eigenvalue weighted by molar-refractivity contribution is 0.113. The summed E-state index contributed by atoms with van der Waals surface area (Å²) in [4.78, 5) is 0. The summed E-state index contributed by atoms with van der Waals surface area (Å²) in [5, 5.41) is 11.2. The Bertz CT molecular complexity index is 335. The third kappa shape index (κ3) is 4.86. The van der Waals surface area contributed by atoms with Crippen LogP contribution < -0.4 is 16.0 Å². The van der Waals surface area contributed by atoms with Crippen LogP contribution in [0.2, 0.25) is 0 Å². The number of rotatable bonds is 3. The second kappa shape index (κ2) is 6.16. The Hall–Kier alpha value is -0.390. The lowest BCUT2D eigenvalue weighted by atomic mass is 9.80. The lowest BCUT2D eigenvalue weighted by Crippen LogP contribution is -2.62. The Morgan fingerprint density at radius 1 is 1.25 bits per heavy atom. The summed E-state index contributed by atoms with van der Waals surface area (Å²) < 4.78 is 5.60. The lowest BCUT2D eigenvalue weighted by Gasteiger charge is -2.46. The summed E-state index contributed by atoms with van der Waals surface area (Å²) in [6.45, 7) is 10.7. The predicted molar refractivity (Wildman–Crippen MR) is 87.0 cm³/mol. The van der Waals surface area contributed by atoms with Gasteiger partial charge >= 0.3 is 0 Å². The number of nitrogens with one attached hydrogen (secondary N) is 3. The normalized spacial score (nSPS) is 29.1. The van der Waals surface area contributed by atoms with Crippen molar-refractivity contribution in [3.8, 4) is 0 Å². The average Bonchev–Trinajstić information content (AvgIpc) is 2.74. The van der Waals surface area contributed by atoms with Crippen molar-refractivity contribution in [3.63, 3.8) is 0 Å². The highest BCUT2D eigenvalue weighted by molar-refractivity contribution is 7.80. The van der Waals surface area contributed by atoms with Gasteiger partial charge in [0.05, 0.1) is 6.10 Å². The molecule has 1 unspecified atom stereocenters. The summed E-state index contributed by atoms with van der Waals surface area (Å²) in [5.74, 6) is 0. The molecule has 5 heteroatoms.